The van der Waals surface area contributed by atoms with Crippen LogP contribution >= 0.6 is 0 Å². The van der Waals surface area contributed by atoms with Crippen molar-refractivity contribution in [3.8, 4) is 11.8 Å². The van der Waals surface area contributed by atoms with Gasteiger partial charge >= 0.3 is 0 Å². The van der Waals surface area contributed by atoms with E-state index >= 15 is 0 Å². The first-order chi connectivity index (χ1) is 6.19. The van der Waals surface area contributed by atoms with E-state index in [1.807, 2.05) is 0 Å². The average Bonchev–Trinajstić information content (AvgIpc) is 2.16. The van der Waals surface area contributed by atoms with E-state index in [-0.39, 0.29) is 17.2 Å². The van der Waals surface area contributed by atoms with Crippen molar-refractivity contribution in [3.05, 3.63) is 29.3 Å². The summed E-state index contributed by atoms with van der Waals surface area (Å²) >= 11 is 0. The molecule has 0 unspecified atom stereocenters. The second-order valence-electron chi connectivity index (χ2n) is 2.42. The van der Waals surface area contributed by atoms with E-state index in [1.165, 1.54) is 25.2 Å². The van der Waals surface area contributed by atoms with Crippen molar-refractivity contribution < 1.29 is 9.90 Å². The number of nitriles is 1. The van der Waals surface area contributed by atoms with Crippen molar-refractivity contribution in [1.29, 1.82) is 5.26 Å². The van der Waals surface area contributed by atoms with Crippen LogP contribution in [0.1, 0.15) is 15.9 Å². The van der Waals surface area contributed by atoms with E-state index in [9.17, 15) is 9.90 Å². The van der Waals surface area contributed by atoms with Crippen LogP contribution in [0.3, 0.4) is 0 Å². The Morgan fingerprint density at radius 1 is 1.62 bits per heavy atom. The number of phenolic OH excluding ortho intramolecular Hbond substituents is 1. The molecule has 0 aliphatic heterocycles. The molecular weight excluding hydrogens is 168 g/mol. The molecule has 0 aliphatic rings. The molecule has 0 atom stereocenters. The molecule has 0 heterocycles. The number of carbonyl (C=O) groups is 1. The number of benzene rings is 1. The summed E-state index contributed by atoms with van der Waals surface area (Å²) in [6.45, 7) is 0. The molecule has 1 aromatic rings. The molecule has 1 amide bonds. The van der Waals surface area contributed by atoms with Gasteiger partial charge in [0.25, 0.3) is 5.91 Å². The average molecular weight is 176 g/mol. The zero-order chi connectivity index (χ0) is 9.84. The number of aromatic hydroxyl groups is 1. The van der Waals surface area contributed by atoms with Gasteiger partial charge in [-0.25, -0.2) is 0 Å². The van der Waals surface area contributed by atoms with Gasteiger partial charge in [0.2, 0.25) is 0 Å². The first-order valence-corrected chi connectivity index (χ1v) is 3.64. The van der Waals surface area contributed by atoms with Crippen LogP contribution in [0.25, 0.3) is 0 Å². The van der Waals surface area contributed by atoms with Crippen LogP contribution in [-0.4, -0.2) is 18.1 Å². The Morgan fingerprint density at radius 3 is 2.77 bits per heavy atom. The number of amides is 1. The fraction of sp³-hybridized carbons (Fsp3) is 0.111. The maximum atomic E-state index is 11.1. The third-order valence-electron chi connectivity index (χ3n) is 1.61. The predicted molar refractivity (Wildman–Crippen MR) is 46.2 cm³/mol. The maximum absolute atomic E-state index is 11.1. The number of phenols is 1. The molecule has 0 radical (unpaired) electrons. The van der Waals surface area contributed by atoms with Gasteiger partial charge in [-0.3, -0.25) is 4.79 Å². The van der Waals surface area contributed by atoms with Gasteiger partial charge in [0.1, 0.15) is 11.8 Å². The smallest absolute Gasteiger partial charge is 0.251 e. The topological polar surface area (TPSA) is 73.1 Å². The first kappa shape index (κ1) is 9.07. The van der Waals surface area contributed by atoms with Crippen molar-refractivity contribution in [2.75, 3.05) is 7.05 Å². The van der Waals surface area contributed by atoms with E-state index in [2.05, 4.69) is 5.32 Å². The van der Waals surface area contributed by atoms with E-state index in [1.54, 1.807) is 6.07 Å². The summed E-state index contributed by atoms with van der Waals surface area (Å²) in [6, 6.07) is 5.94. The van der Waals surface area contributed by atoms with Gasteiger partial charge in [-0.15, -0.1) is 0 Å². The van der Waals surface area contributed by atoms with Crippen molar-refractivity contribution >= 4 is 5.91 Å². The molecule has 0 fully saturated rings. The third kappa shape index (κ3) is 1.76. The number of carbonyl (C=O) groups excluding carboxylic acids is 1. The van der Waals surface area contributed by atoms with Crippen LogP contribution in [0.5, 0.6) is 5.75 Å². The van der Waals surface area contributed by atoms with Crippen molar-refractivity contribution in [2.24, 2.45) is 0 Å². The molecule has 4 nitrogen and oxygen atoms in total. The second kappa shape index (κ2) is 3.59. The molecule has 0 saturated carbocycles. The van der Waals surface area contributed by atoms with Gasteiger partial charge in [0.05, 0.1) is 5.56 Å². The fourth-order valence-corrected chi connectivity index (χ4v) is 0.912. The SMILES string of the molecule is CNC(=O)c1ccc(C#N)c(O)c1. The number of hydrogen-bond acceptors (Lipinski definition) is 3. The molecule has 2 N–H and O–H groups in total. The Bertz CT molecular complexity index is 380. The second-order valence-corrected chi connectivity index (χ2v) is 2.42. The van der Waals surface area contributed by atoms with Crippen LogP contribution in [0.15, 0.2) is 18.2 Å². The lowest BCUT2D eigenvalue weighted by atomic mass is 10.1. The highest BCUT2D eigenvalue weighted by molar-refractivity contribution is 5.94. The Kier molecular flexibility index (Phi) is 2.50. The van der Waals surface area contributed by atoms with Crippen LogP contribution in [0, 0.1) is 11.3 Å². The van der Waals surface area contributed by atoms with Gasteiger partial charge in [0.15, 0.2) is 0 Å². The molecule has 13 heavy (non-hydrogen) atoms. The van der Waals surface area contributed by atoms with Crippen molar-refractivity contribution in [3.63, 3.8) is 0 Å². The Hall–Kier alpha value is -2.02. The summed E-state index contributed by atoms with van der Waals surface area (Å²) in [6.07, 6.45) is 0. The molecule has 0 aromatic heterocycles. The highest BCUT2D eigenvalue weighted by Crippen LogP contribution is 2.17. The van der Waals surface area contributed by atoms with Crippen molar-refractivity contribution in [1.82, 2.24) is 5.32 Å². The fourth-order valence-electron chi connectivity index (χ4n) is 0.912. The molecule has 1 rings (SSSR count). The molecule has 0 aliphatic carbocycles. The lowest BCUT2D eigenvalue weighted by Crippen LogP contribution is -2.17. The lowest BCUT2D eigenvalue weighted by molar-refractivity contribution is 0.0962. The molecule has 4 heteroatoms. The summed E-state index contributed by atoms with van der Waals surface area (Å²) in [7, 11) is 1.50. The molecular formula is C9H8N2O2. The predicted octanol–water partition coefficient (Wildman–Crippen LogP) is 0.623. The van der Waals surface area contributed by atoms with Gasteiger partial charge in [-0.1, -0.05) is 0 Å². The van der Waals surface area contributed by atoms with Gasteiger partial charge in [-0.05, 0) is 18.2 Å². The number of rotatable bonds is 1. The summed E-state index contributed by atoms with van der Waals surface area (Å²) in [5, 5.41) is 20.1. The minimum Gasteiger partial charge on any atom is -0.507 e. The zero-order valence-corrected chi connectivity index (χ0v) is 7.03. The Balaban J connectivity index is 3.11. The highest BCUT2D eigenvalue weighted by Gasteiger charge is 2.06. The van der Waals surface area contributed by atoms with E-state index < -0.39 is 0 Å². The van der Waals surface area contributed by atoms with E-state index in [0.717, 1.165) is 0 Å². The first-order valence-electron chi connectivity index (χ1n) is 3.64. The number of nitrogens with zero attached hydrogens (tertiary/aromatic N) is 1. The van der Waals surface area contributed by atoms with Gasteiger partial charge in [0, 0.05) is 12.6 Å². The van der Waals surface area contributed by atoms with E-state index in [4.69, 9.17) is 5.26 Å². The van der Waals surface area contributed by atoms with Gasteiger partial charge < -0.3 is 10.4 Å². The number of nitrogens with one attached hydrogen (secondary N) is 1. The Morgan fingerprint density at radius 2 is 2.31 bits per heavy atom. The van der Waals surface area contributed by atoms with Crippen LogP contribution in [-0.2, 0) is 0 Å². The largest absolute Gasteiger partial charge is 0.507 e. The summed E-state index contributed by atoms with van der Waals surface area (Å²) < 4.78 is 0. The molecule has 66 valence electrons. The molecule has 0 saturated heterocycles. The quantitative estimate of drug-likeness (QED) is 0.658. The highest BCUT2D eigenvalue weighted by atomic mass is 16.3. The molecule has 1 aromatic carbocycles. The summed E-state index contributed by atoms with van der Waals surface area (Å²) in [4.78, 5) is 11.1. The number of hydrogen-bond donors (Lipinski definition) is 2. The standard InChI is InChI=1S/C9H8N2O2/c1-11-9(13)6-2-3-7(5-10)8(12)4-6/h2-4,12H,1H3,(H,11,13). The van der Waals surface area contributed by atoms with Crippen LogP contribution < -0.4 is 5.32 Å². The Labute approximate surface area is 75.4 Å². The monoisotopic (exact) mass is 176 g/mol. The maximum Gasteiger partial charge on any atom is 0.251 e. The summed E-state index contributed by atoms with van der Waals surface area (Å²) in [5.74, 6) is -0.469. The molecule has 0 bridgehead atoms. The minimum atomic E-state index is -0.292. The zero-order valence-electron chi connectivity index (χ0n) is 7.03. The van der Waals surface area contributed by atoms with Gasteiger partial charge in [-0.2, -0.15) is 5.26 Å². The van der Waals surface area contributed by atoms with Crippen LogP contribution in [0.4, 0.5) is 0 Å². The summed E-state index contributed by atoms with van der Waals surface area (Å²) in [5.41, 5.74) is 0.492. The molecule has 0 spiro atoms. The van der Waals surface area contributed by atoms with Crippen molar-refractivity contribution in [2.45, 2.75) is 0 Å². The lowest BCUT2D eigenvalue weighted by Gasteiger charge is -2.00. The van der Waals surface area contributed by atoms with Crippen LogP contribution in [0.2, 0.25) is 0 Å². The third-order valence-corrected chi connectivity index (χ3v) is 1.61. The minimum absolute atomic E-state index is 0.160. The normalized spacial score (nSPS) is 8.92. The van der Waals surface area contributed by atoms with E-state index in [0.29, 0.717) is 5.56 Å².